The van der Waals surface area contributed by atoms with Crippen LogP contribution in [0, 0.1) is 6.92 Å². The lowest BCUT2D eigenvalue weighted by Gasteiger charge is -2.34. The number of aryl methyl sites for hydroxylation is 1. The maximum absolute atomic E-state index is 12.6. The van der Waals surface area contributed by atoms with Crippen molar-refractivity contribution in [3.63, 3.8) is 0 Å². The first-order valence-corrected chi connectivity index (χ1v) is 9.34. The predicted molar refractivity (Wildman–Crippen MR) is 90.2 cm³/mol. The van der Waals surface area contributed by atoms with Crippen LogP contribution in [0.25, 0.3) is 0 Å². The summed E-state index contributed by atoms with van der Waals surface area (Å²) in [7, 11) is 0. The van der Waals surface area contributed by atoms with Crippen LogP contribution in [-0.2, 0) is 4.79 Å². The number of carbonyl (C=O) groups excluding carboxylic acids is 1. The van der Waals surface area contributed by atoms with E-state index in [9.17, 15) is 4.79 Å². The smallest absolute Gasteiger partial charge is 0.233 e. The highest BCUT2D eigenvalue weighted by molar-refractivity contribution is 8.00. The zero-order valence-corrected chi connectivity index (χ0v) is 14.0. The summed E-state index contributed by atoms with van der Waals surface area (Å²) < 4.78 is 5.74. The summed E-state index contributed by atoms with van der Waals surface area (Å²) in [5, 5.41) is 0. The predicted octanol–water partition coefficient (Wildman–Crippen LogP) is 3.39. The van der Waals surface area contributed by atoms with Crippen molar-refractivity contribution in [1.29, 1.82) is 0 Å². The van der Waals surface area contributed by atoms with Crippen molar-refractivity contribution >= 4 is 29.4 Å². The lowest BCUT2D eigenvalue weighted by Crippen LogP contribution is -2.41. The molecule has 1 atom stereocenters. The van der Waals surface area contributed by atoms with Gasteiger partial charge in [0, 0.05) is 35.3 Å². The Balaban J connectivity index is 1.66. The number of aromatic nitrogens is 1. The van der Waals surface area contributed by atoms with Gasteiger partial charge in [-0.15, -0.1) is 11.8 Å². The Morgan fingerprint density at radius 2 is 2.23 bits per heavy atom. The Hall–Kier alpha value is -1.40. The molecule has 1 amide bonds. The van der Waals surface area contributed by atoms with Crippen molar-refractivity contribution in [2.45, 2.75) is 17.9 Å². The second-order valence-electron chi connectivity index (χ2n) is 5.10. The second kappa shape index (κ2) is 7.24. The van der Waals surface area contributed by atoms with Gasteiger partial charge in [-0.25, -0.2) is 0 Å². The number of carbonyl (C=O) groups is 1. The van der Waals surface area contributed by atoms with Crippen LogP contribution in [0.4, 0.5) is 0 Å². The topological polar surface area (TPSA) is 46.3 Å². The van der Waals surface area contributed by atoms with E-state index in [0.717, 1.165) is 34.5 Å². The number of nitrogens with zero attached hydrogens (tertiary/aromatic N) is 2. The fourth-order valence-corrected chi connectivity index (χ4v) is 4.26. The van der Waals surface area contributed by atoms with E-state index in [1.54, 1.807) is 24.2 Å². The van der Waals surface area contributed by atoms with Crippen LogP contribution in [0.2, 0.25) is 0 Å². The summed E-state index contributed by atoms with van der Waals surface area (Å²) in [4.78, 5) is 19.6. The Labute approximate surface area is 138 Å². The van der Waals surface area contributed by atoms with E-state index in [-0.39, 0.29) is 11.9 Å². The van der Waals surface area contributed by atoms with Gasteiger partial charge in [-0.3, -0.25) is 9.78 Å². The summed E-state index contributed by atoms with van der Waals surface area (Å²) in [5.41, 5.74) is 0. The summed E-state index contributed by atoms with van der Waals surface area (Å²) in [6, 6.07) is 7.86. The maximum atomic E-state index is 12.6. The van der Waals surface area contributed by atoms with Crippen LogP contribution in [0.1, 0.15) is 17.6 Å². The molecule has 116 valence electrons. The van der Waals surface area contributed by atoms with Crippen molar-refractivity contribution in [1.82, 2.24) is 9.88 Å². The van der Waals surface area contributed by atoms with Crippen LogP contribution in [0.15, 0.2) is 46.0 Å². The monoisotopic (exact) mass is 334 g/mol. The molecule has 1 aliphatic rings. The molecule has 2 aromatic rings. The van der Waals surface area contributed by atoms with Crippen LogP contribution in [0.5, 0.6) is 0 Å². The molecule has 0 N–H and O–H groups in total. The lowest BCUT2D eigenvalue weighted by atomic mass is 10.2. The van der Waals surface area contributed by atoms with Crippen molar-refractivity contribution in [3.8, 4) is 0 Å². The molecule has 0 unspecified atom stereocenters. The van der Waals surface area contributed by atoms with Gasteiger partial charge in [-0.2, -0.15) is 11.8 Å². The molecule has 0 bridgehead atoms. The Kier molecular flexibility index (Phi) is 5.10. The first-order valence-electron chi connectivity index (χ1n) is 7.20. The van der Waals surface area contributed by atoms with Crippen molar-refractivity contribution in [3.05, 3.63) is 48.2 Å². The molecule has 4 nitrogen and oxygen atoms in total. The first-order chi connectivity index (χ1) is 10.7. The zero-order chi connectivity index (χ0) is 15.4. The van der Waals surface area contributed by atoms with E-state index < -0.39 is 0 Å². The lowest BCUT2D eigenvalue weighted by molar-refractivity contribution is -0.130. The highest BCUT2D eigenvalue weighted by Gasteiger charge is 2.30. The van der Waals surface area contributed by atoms with Gasteiger partial charge in [0.25, 0.3) is 0 Å². The third-order valence-corrected chi connectivity index (χ3v) is 5.57. The van der Waals surface area contributed by atoms with E-state index >= 15 is 0 Å². The molecular weight excluding hydrogens is 316 g/mol. The van der Waals surface area contributed by atoms with Crippen molar-refractivity contribution < 1.29 is 9.21 Å². The van der Waals surface area contributed by atoms with Crippen molar-refractivity contribution in [2.75, 3.05) is 23.8 Å². The summed E-state index contributed by atoms with van der Waals surface area (Å²) >= 11 is 3.43. The van der Waals surface area contributed by atoms with Gasteiger partial charge >= 0.3 is 0 Å². The Morgan fingerprint density at radius 1 is 1.41 bits per heavy atom. The average molecular weight is 334 g/mol. The van der Waals surface area contributed by atoms with Gasteiger partial charge in [-0.05, 0) is 31.2 Å². The largest absolute Gasteiger partial charge is 0.464 e. The number of hydrogen-bond acceptors (Lipinski definition) is 5. The van der Waals surface area contributed by atoms with E-state index in [2.05, 4.69) is 4.98 Å². The fourth-order valence-electron chi connectivity index (χ4n) is 2.43. The standard InChI is InChI=1S/C16H18N2O2S2/c1-12-2-3-15(20-12)14-10-21-9-8-18(14)16(19)11-22-13-4-6-17-7-5-13/h2-7,14H,8-11H2,1H3/t14-/m1/s1. The molecule has 0 aliphatic carbocycles. The Morgan fingerprint density at radius 3 is 2.95 bits per heavy atom. The van der Waals surface area contributed by atoms with Crippen LogP contribution in [-0.4, -0.2) is 39.6 Å². The van der Waals surface area contributed by atoms with Gasteiger partial charge < -0.3 is 9.32 Å². The van der Waals surface area contributed by atoms with Gasteiger partial charge in [0.05, 0.1) is 11.8 Å². The number of rotatable bonds is 4. The number of furan rings is 1. The fraction of sp³-hybridized carbons (Fsp3) is 0.375. The number of pyridine rings is 1. The molecule has 1 aliphatic heterocycles. The molecule has 3 heterocycles. The van der Waals surface area contributed by atoms with Crippen LogP contribution in [0.3, 0.4) is 0 Å². The molecule has 22 heavy (non-hydrogen) atoms. The number of amides is 1. The highest BCUT2D eigenvalue weighted by Crippen LogP contribution is 2.31. The molecule has 1 fully saturated rings. The summed E-state index contributed by atoms with van der Waals surface area (Å²) in [6.07, 6.45) is 3.50. The van der Waals surface area contributed by atoms with Crippen LogP contribution < -0.4 is 0 Å². The number of hydrogen-bond donors (Lipinski definition) is 0. The molecular formula is C16H18N2O2S2. The van der Waals surface area contributed by atoms with E-state index in [1.807, 2.05) is 47.9 Å². The van der Waals surface area contributed by atoms with Gasteiger partial charge in [0.1, 0.15) is 11.5 Å². The van der Waals surface area contributed by atoms with Gasteiger partial charge in [0.15, 0.2) is 0 Å². The minimum atomic E-state index is 0.0537. The third-order valence-electron chi connectivity index (χ3n) is 3.55. The highest BCUT2D eigenvalue weighted by atomic mass is 32.2. The summed E-state index contributed by atoms with van der Waals surface area (Å²) in [5.74, 6) is 4.29. The van der Waals surface area contributed by atoms with Gasteiger partial charge in [-0.1, -0.05) is 0 Å². The quantitative estimate of drug-likeness (QED) is 0.802. The normalized spacial score (nSPS) is 18.4. The molecule has 2 aromatic heterocycles. The Bertz CT molecular complexity index is 630. The van der Waals surface area contributed by atoms with Crippen LogP contribution >= 0.6 is 23.5 Å². The van der Waals surface area contributed by atoms with Crippen molar-refractivity contribution in [2.24, 2.45) is 0 Å². The van der Waals surface area contributed by atoms with E-state index in [4.69, 9.17) is 4.42 Å². The van der Waals surface area contributed by atoms with Gasteiger partial charge in [0.2, 0.25) is 5.91 Å². The number of thioether (sulfide) groups is 2. The third kappa shape index (κ3) is 3.67. The molecule has 1 saturated heterocycles. The minimum absolute atomic E-state index is 0.0537. The average Bonchev–Trinajstić information content (AvgIpc) is 3.00. The zero-order valence-electron chi connectivity index (χ0n) is 12.4. The maximum Gasteiger partial charge on any atom is 0.233 e. The molecule has 0 radical (unpaired) electrons. The second-order valence-corrected chi connectivity index (χ2v) is 7.30. The SMILES string of the molecule is Cc1ccc([C@H]2CSCCN2C(=O)CSc2ccncc2)o1. The molecule has 6 heteroatoms. The molecule has 0 saturated carbocycles. The summed E-state index contributed by atoms with van der Waals surface area (Å²) in [6.45, 7) is 2.72. The first kappa shape index (κ1) is 15.5. The molecule has 3 rings (SSSR count). The van der Waals surface area contributed by atoms with E-state index in [0.29, 0.717) is 5.75 Å². The molecule has 0 aromatic carbocycles. The molecule has 0 spiro atoms. The minimum Gasteiger partial charge on any atom is -0.464 e. The van der Waals surface area contributed by atoms with E-state index in [1.165, 1.54) is 0 Å².